The number of carbonyl (C=O) groups is 1. The van der Waals surface area contributed by atoms with Gasteiger partial charge >= 0.3 is 5.97 Å². The zero-order valence-corrected chi connectivity index (χ0v) is 11.1. The van der Waals surface area contributed by atoms with Gasteiger partial charge in [-0.05, 0) is 5.92 Å². The number of aromatic nitrogens is 3. The Balaban J connectivity index is 2.15. The van der Waals surface area contributed by atoms with Gasteiger partial charge in [0.25, 0.3) is 0 Å². The molecule has 1 N–H and O–H groups in total. The van der Waals surface area contributed by atoms with Crippen molar-refractivity contribution in [2.45, 2.75) is 19.8 Å². The third-order valence-electron chi connectivity index (χ3n) is 2.94. The van der Waals surface area contributed by atoms with Crippen LogP contribution in [0.15, 0.2) is 30.3 Å². The highest BCUT2D eigenvalue weighted by Crippen LogP contribution is 2.17. The lowest BCUT2D eigenvalue weighted by atomic mass is 10.0. The van der Waals surface area contributed by atoms with E-state index in [-0.39, 0.29) is 12.3 Å². The van der Waals surface area contributed by atoms with Crippen molar-refractivity contribution in [2.24, 2.45) is 13.0 Å². The fourth-order valence-electron chi connectivity index (χ4n) is 1.99. The molecule has 0 aliphatic carbocycles. The van der Waals surface area contributed by atoms with Crippen LogP contribution in [0.1, 0.15) is 19.2 Å². The third-order valence-corrected chi connectivity index (χ3v) is 2.94. The largest absolute Gasteiger partial charge is 0.481 e. The van der Waals surface area contributed by atoms with Gasteiger partial charge in [0, 0.05) is 25.5 Å². The Labute approximate surface area is 111 Å². The van der Waals surface area contributed by atoms with Gasteiger partial charge in [-0.2, -0.15) is 5.10 Å². The van der Waals surface area contributed by atoms with Crippen molar-refractivity contribution in [3.63, 3.8) is 0 Å². The van der Waals surface area contributed by atoms with Gasteiger partial charge in [-0.25, -0.2) is 4.98 Å². The Morgan fingerprint density at radius 2 is 2.05 bits per heavy atom. The molecule has 1 aromatic carbocycles. The minimum absolute atomic E-state index is 0.0454. The van der Waals surface area contributed by atoms with Crippen molar-refractivity contribution < 1.29 is 9.90 Å². The zero-order chi connectivity index (χ0) is 13.8. The molecule has 5 nitrogen and oxygen atoms in total. The van der Waals surface area contributed by atoms with Gasteiger partial charge in [0.1, 0.15) is 5.82 Å². The van der Waals surface area contributed by atoms with Gasteiger partial charge in [-0.3, -0.25) is 9.48 Å². The van der Waals surface area contributed by atoms with Gasteiger partial charge in [0.05, 0.1) is 0 Å². The first-order valence-corrected chi connectivity index (χ1v) is 6.23. The summed E-state index contributed by atoms with van der Waals surface area (Å²) in [5, 5.41) is 13.1. The fraction of sp³-hybridized carbons (Fsp3) is 0.357. The average molecular weight is 259 g/mol. The molecule has 0 bridgehead atoms. The summed E-state index contributed by atoms with van der Waals surface area (Å²) >= 11 is 0. The normalized spacial score (nSPS) is 12.3. The predicted molar refractivity (Wildman–Crippen MR) is 71.6 cm³/mol. The smallest absolute Gasteiger partial charge is 0.303 e. The molecule has 100 valence electrons. The lowest BCUT2D eigenvalue weighted by Gasteiger charge is -2.06. The van der Waals surface area contributed by atoms with Crippen LogP contribution in [0.25, 0.3) is 11.4 Å². The molecule has 1 unspecified atom stereocenters. The Kier molecular flexibility index (Phi) is 3.94. The van der Waals surface area contributed by atoms with Gasteiger partial charge < -0.3 is 5.11 Å². The summed E-state index contributed by atoms with van der Waals surface area (Å²) in [5.41, 5.74) is 0.968. The molecule has 0 aliphatic rings. The van der Waals surface area contributed by atoms with E-state index in [0.717, 1.165) is 11.4 Å². The molecule has 1 atom stereocenters. The number of aryl methyl sites for hydroxylation is 1. The van der Waals surface area contributed by atoms with Crippen molar-refractivity contribution in [3.05, 3.63) is 36.2 Å². The summed E-state index contributed by atoms with van der Waals surface area (Å²) in [7, 11) is 1.84. The van der Waals surface area contributed by atoms with E-state index >= 15 is 0 Å². The van der Waals surface area contributed by atoms with E-state index in [1.165, 1.54) is 0 Å². The molecule has 2 aromatic rings. The van der Waals surface area contributed by atoms with Crippen molar-refractivity contribution in [3.8, 4) is 11.4 Å². The third kappa shape index (κ3) is 3.40. The van der Waals surface area contributed by atoms with Crippen LogP contribution >= 0.6 is 0 Å². The summed E-state index contributed by atoms with van der Waals surface area (Å²) in [6, 6.07) is 9.75. The maximum absolute atomic E-state index is 10.7. The van der Waals surface area contributed by atoms with Crippen LogP contribution in [0.2, 0.25) is 0 Å². The molecule has 0 saturated heterocycles. The molecule has 0 saturated carbocycles. The second-order valence-electron chi connectivity index (χ2n) is 4.75. The Morgan fingerprint density at radius 3 is 2.68 bits per heavy atom. The first-order chi connectivity index (χ1) is 9.06. The molecule has 1 aromatic heterocycles. The van der Waals surface area contributed by atoms with E-state index in [0.29, 0.717) is 12.2 Å². The maximum atomic E-state index is 10.7. The van der Waals surface area contributed by atoms with Gasteiger partial charge in [-0.15, -0.1) is 0 Å². The lowest BCUT2D eigenvalue weighted by Crippen LogP contribution is -2.10. The molecule has 0 spiro atoms. The number of carboxylic acids is 1. The number of hydrogen-bond acceptors (Lipinski definition) is 3. The number of carboxylic acid groups (broad SMARTS) is 1. The molecular formula is C14H17N3O2. The van der Waals surface area contributed by atoms with Crippen LogP contribution < -0.4 is 0 Å². The summed E-state index contributed by atoms with van der Waals surface area (Å²) < 4.78 is 1.72. The molecule has 19 heavy (non-hydrogen) atoms. The number of aliphatic carboxylic acids is 1. The highest BCUT2D eigenvalue weighted by atomic mass is 16.4. The fourth-order valence-corrected chi connectivity index (χ4v) is 1.99. The standard InChI is InChI=1S/C14H17N3O2/c1-10(9-13(18)19)8-12-15-14(16-17(12)2)11-6-4-3-5-7-11/h3-7,10H,8-9H2,1-2H3,(H,18,19). The highest BCUT2D eigenvalue weighted by molar-refractivity contribution is 5.67. The van der Waals surface area contributed by atoms with E-state index in [9.17, 15) is 4.79 Å². The predicted octanol–water partition coefficient (Wildman–Crippen LogP) is 2.14. The Hall–Kier alpha value is -2.17. The molecule has 0 radical (unpaired) electrons. The molecule has 1 heterocycles. The number of nitrogens with zero attached hydrogens (tertiary/aromatic N) is 3. The second kappa shape index (κ2) is 5.65. The van der Waals surface area contributed by atoms with E-state index in [1.807, 2.05) is 44.3 Å². The zero-order valence-electron chi connectivity index (χ0n) is 11.1. The maximum Gasteiger partial charge on any atom is 0.303 e. The molecular weight excluding hydrogens is 242 g/mol. The molecule has 5 heteroatoms. The van der Waals surface area contributed by atoms with Gasteiger partial charge in [0.15, 0.2) is 5.82 Å². The van der Waals surface area contributed by atoms with Gasteiger partial charge in [-0.1, -0.05) is 37.3 Å². The number of hydrogen-bond donors (Lipinski definition) is 1. The SMILES string of the molecule is CC(CC(=O)O)Cc1nc(-c2ccccc2)nn1C. The van der Waals surface area contributed by atoms with Crippen LogP contribution in [0.5, 0.6) is 0 Å². The minimum atomic E-state index is -0.780. The topological polar surface area (TPSA) is 68.0 Å². The number of rotatable bonds is 5. The minimum Gasteiger partial charge on any atom is -0.481 e. The van der Waals surface area contributed by atoms with E-state index in [4.69, 9.17) is 5.11 Å². The second-order valence-corrected chi connectivity index (χ2v) is 4.75. The number of benzene rings is 1. The molecule has 0 aliphatic heterocycles. The summed E-state index contributed by atoms with van der Waals surface area (Å²) in [4.78, 5) is 15.2. The van der Waals surface area contributed by atoms with Crippen LogP contribution in [-0.2, 0) is 18.3 Å². The van der Waals surface area contributed by atoms with Crippen LogP contribution in [0.3, 0.4) is 0 Å². The van der Waals surface area contributed by atoms with Crippen molar-refractivity contribution in [1.82, 2.24) is 14.8 Å². The van der Waals surface area contributed by atoms with Crippen molar-refractivity contribution in [1.29, 1.82) is 0 Å². The van der Waals surface area contributed by atoms with Crippen LogP contribution in [-0.4, -0.2) is 25.8 Å². The Morgan fingerprint density at radius 1 is 1.37 bits per heavy atom. The van der Waals surface area contributed by atoms with Crippen molar-refractivity contribution in [2.75, 3.05) is 0 Å². The van der Waals surface area contributed by atoms with E-state index in [2.05, 4.69) is 10.1 Å². The van der Waals surface area contributed by atoms with Gasteiger partial charge in [0.2, 0.25) is 0 Å². The summed E-state index contributed by atoms with van der Waals surface area (Å²) in [5.74, 6) is 0.759. The monoisotopic (exact) mass is 259 g/mol. The lowest BCUT2D eigenvalue weighted by molar-refractivity contribution is -0.137. The first kappa shape index (κ1) is 13.3. The van der Waals surface area contributed by atoms with Crippen LogP contribution in [0, 0.1) is 5.92 Å². The van der Waals surface area contributed by atoms with E-state index < -0.39 is 5.97 Å². The molecule has 2 rings (SSSR count). The van der Waals surface area contributed by atoms with Crippen LogP contribution in [0.4, 0.5) is 0 Å². The summed E-state index contributed by atoms with van der Waals surface area (Å²) in [6.07, 6.45) is 0.760. The highest BCUT2D eigenvalue weighted by Gasteiger charge is 2.14. The average Bonchev–Trinajstić information content (AvgIpc) is 2.71. The van der Waals surface area contributed by atoms with E-state index in [1.54, 1.807) is 4.68 Å². The van der Waals surface area contributed by atoms with Crippen molar-refractivity contribution >= 4 is 5.97 Å². The first-order valence-electron chi connectivity index (χ1n) is 6.23. The Bertz CT molecular complexity index is 563. The summed E-state index contributed by atoms with van der Waals surface area (Å²) in [6.45, 7) is 1.91. The molecule has 0 fully saturated rings. The quantitative estimate of drug-likeness (QED) is 0.893. The molecule has 0 amide bonds.